The molecule has 1 saturated heterocycles. The van der Waals surface area contributed by atoms with Crippen LogP contribution in [0.4, 0.5) is 5.69 Å². The topological polar surface area (TPSA) is 77.3 Å². The van der Waals surface area contributed by atoms with E-state index in [-0.39, 0.29) is 5.69 Å². The van der Waals surface area contributed by atoms with Crippen molar-refractivity contribution in [1.82, 2.24) is 10.3 Å². The molecule has 3 rings (SSSR count). The van der Waals surface area contributed by atoms with E-state index in [1.807, 2.05) is 0 Å². The minimum absolute atomic E-state index is 0.0639. The van der Waals surface area contributed by atoms with E-state index in [0.29, 0.717) is 17.3 Å². The standard InChI is InChI=1S/C14H17N3O3S/c18-17(19)11-1-2-13-12(9-11)16-14(21-13)20-8-5-10-3-6-15-7-4-10/h1-2,9-10,15H,3-8H2. The largest absolute Gasteiger partial charge is 0.470 e. The Kier molecular flexibility index (Phi) is 4.31. The molecular weight excluding hydrogens is 290 g/mol. The van der Waals surface area contributed by atoms with Crippen molar-refractivity contribution in [2.45, 2.75) is 19.3 Å². The number of nitro groups is 1. The summed E-state index contributed by atoms with van der Waals surface area (Å²) < 4.78 is 6.63. The van der Waals surface area contributed by atoms with Crippen LogP contribution in [0.5, 0.6) is 5.19 Å². The third kappa shape index (κ3) is 3.48. The third-order valence-electron chi connectivity index (χ3n) is 3.77. The average molecular weight is 307 g/mol. The minimum Gasteiger partial charge on any atom is -0.470 e. The fourth-order valence-corrected chi connectivity index (χ4v) is 3.37. The van der Waals surface area contributed by atoms with Crippen LogP contribution >= 0.6 is 11.3 Å². The Labute approximate surface area is 126 Å². The van der Waals surface area contributed by atoms with Crippen LogP contribution in [0.25, 0.3) is 10.2 Å². The first-order chi connectivity index (χ1) is 10.2. The number of aromatic nitrogens is 1. The van der Waals surface area contributed by atoms with Crippen molar-refractivity contribution < 1.29 is 9.66 Å². The van der Waals surface area contributed by atoms with E-state index in [2.05, 4.69) is 10.3 Å². The third-order valence-corrected chi connectivity index (χ3v) is 4.72. The highest BCUT2D eigenvalue weighted by molar-refractivity contribution is 7.20. The first kappa shape index (κ1) is 14.2. The zero-order chi connectivity index (χ0) is 14.7. The normalized spacial score (nSPS) is 16.2. The molecule has 2 heterocycles. The molecule has 0 atom stereocenters. The average Bonchev–Trinajstić information content (AvgIpc) is 2.90. The highest BCUT2D eigenvalue weighted by Gasteiger charge is 2.14. The maximum Gasteiger partial charge on any atom is 0.274 e. The Bertz CT molecular complexity index is 637. The van der Waals surface area contributed by atoms with E-state index in [0.717, 1.165) is 30.1 Å². The van der Waals surface area contributed by atoms with E-state index >= 15 is 0 Å². The highest BCUT2D eigenvalue weighted by Crippen LogP contribution is 2.30. The van der Waals surface area contributed by atoms with Gasteiger partial charge in [-0.2, -0.15) is 0 Å². The fourth-order valence-electron chi connectivity index (χ4n) is 2.55. The van der Waals surface area contributed by atoms with Crippen LogP contribution in [0.1, 0.15) is 19.3 Å². The second kappa shape index (κ2) is 6.36. The summed E-state index contributed by atoms with van der Waals surface area (Å²) >= 11 is 1.44. The number of hydrogen-bond donors (Lipinski definition) is 1. The van der Waals surface area contributed by atoms with Crippen molar-refractivity contribution in [2.24, 2.45) is 5.92 Å². The number of ether oxygens (including phenoxy) is 1. The lowest BCUT2D eigenvalue weighted by Gasteiger charge is -2.21. The molecule has 0 radical (unpaired) electrons. The van der Waals surface area contributed by atoms with Crippen LogP contribution in [0.3, 0.4) is 0 Å². The van der Waals surface area contributed by atoms with E-state index in [1.54, 1.807) is 6.07 Å². The van der Waals surface area contributed by atoms with Gasteiger partial charge in [0.1, 0.15) is 0 Å². The Morgan fingerprint density at radius 1 is 1.43 bits per heavy atom. The Hall–Kier alpha value is -1.73. The lowest BCUT2D eigenvalue weighted by molar-refractivity contribution is -0.384. The fraction of sp³-hybridized carbons (Fsp3) is 0.500. The van der Waals surface area contributed by atoms with Gasteiger partial charge >= 0.3 is 0 Å². The number of benzene rings is 1. The molecule has 0 amide bonds. The van der Waals surface area contributed by atoms with Crippen molar-refractivity contribution in [3.8, 4) is 5.19 Å². The molecule has 1 aromatic carbocycles. The summed E-state index contributed by atoms with van der Waals surface area (Å²) in [5.74, 6) is 0.724. The van der Waals surface area contributed by atoms with Gasteiger partial charge in [0, 0.05) is 12.1 Å². The molecule has 1 aliphatic heterocycles. The number of nitro benzene ring substituents is 1. The van der Waals surface area contributed by atoms with Gasteiger partial charge in [-0.15, -0.1) is 0 Å². The molecule has 6 nitrogen and oxygen atoms in total. The second-order valence-corrected chi connectivity index (χ2v) is 6.21. The van der Waals surface area contributed by atoms with Crippen LogP contribution in [-0.2, 0) is 0 Å². The van der Waals surface area contributed by atoms with Crippen LogP contribution in [0.15, 0.2) is 18.2 Å². The van der Waals surface area contributed by atoms with Crippen molar-refractivity contribution in [1.29, 1.82) is 0 Å². The number of thiazole rings is 1. The summed E-state index contributed by atoms with van der Waals surface area (Å²) in [6, 6.07) is 4.72. The molecule has 1 N–H and O–H groups in total. The number of piperidine rings is 1. The predicted octanol–water partition coefficient (Wildman–Crippen LogP) is 2.97. The second-order valence-electron chi connectivity index (χ2n) is 5.22. The summed E-state index contributed by atoms with van der Waals surface area (Å²) in [5, 5.41) is 14.7. The molecule has 2 aromatic rings. The van der Waals surface area contributed by atoms with Gasteiger partial charge in [0.15, 0.2) is 0 Å². The molecule has 112 valence electrons. The number of non-ortho nitro benzene ring substituents is 1. The Morgan fingerprint density at radius 3 is 3.00 bits per heavy atom. The molecule has 0 aliphatic carbocycles. The van der Waals surface area contributed by atoms with E-state index < -0.39 is 4.92 Å². The Morgan fingerprint density at radius 2 is 2.24 bits per heavy atom. The maximum atomic E-state index is 10.7. The number of nitrogens with zero attached hydrogens (tertiary/aromatic N) is 2. The van der Waals surface area contributed by atoms with Crippen LogP contribution in [-0.4, -0.2) is 29.6 Å². The number of nitrogens with one attached hydrogen (secondary N) is 1. The molecule has 0 bridgehead atoms. The SMILES string of the molecule is O=[N+]([O-])c1ccc2sc(OCCC3CCNCC3)nc2c1. The summed E-state index contributed by atoms with van der Waals surface area (Å²) in [7, 11) is 0. The minimum atomic E-state index is -0.406. The van der Waals surface area contributed by atoms with E-state index in [4.69, 9.17) is 4.74 Å². The number of rotatable bonds is 5. The van der Waals surface area contributed by atoms with Crippen molar-refractivity contribution in [3.05, 3.63) is 28.3 Å². The molecule has 1 aromatic heterocycles. The van der Waals surface area contributed by atoms with Crippen molar-refractivity contribution in [2.75, 3.05) is 19.7 Å². The van der Waals surface area contributed by atoms with Crippen molar-refractivity contribution in [3.63, 3.8) is 0 Å². The monoisotopic (exact) mass is 307 g/mol. The zero-order valence-corrected chi connectivity index (χ0v) is 12.4. The maximum absolute atomic E-state index is 10.7. The number of hydrogen-bond acceptors (Lipinski definition) is 6. The van der Waals surface area contributed by atoms with Gasteiger partial charge in [0.2, 0.25) is 0 Å². The lowest BCUT2D eigenvalue weighted by Crippen LogP contribution is -2.28. The van der Waals surface area contributed by atoms with Gasteiger partial charge in [-0.25, -0.2) is 4.98 Å². The molecule has 0 unspecified atom stereocenters. The van der Waals surface area contributed by atoms with Gasteiger partial charge in [0.25, 0.3) is 10.9 Å². The van der Waals surface area contributed by atoms with Crippen LogP contribution in [0, 0.1) is 16.0 Å². The van der Waals surface area contributed by atoms with E-state index in [1.165, 1.54) is 36.3 Å². The summed E-state index contributed by atoms with van der Waals surface area (Å²) in [6.45, 7) is 2.84. The van der Waals surface area contributed by atoms with E-state index in [9.17, 15) is 10.1 Å². The molecule has 0 spiro atoms. The zero-order valence-electron chi connectivity index (χ0n) is 11.6. The molecule has 1 fully saturated rings. The first-order valence-corrected chi connectivity index (χ1v) is 7.92. The van der Waals surface area contributed by atoms with Gasteiger partial charge in [-0.05, 0) is 44.3 Å². The summed E-state index contributed by atoms with van der Waals surface area (Å²) in [4.78, 5) is 14.7. The quantitative estimate of drug-likeness (QED) is 0.678. The smallest absolute Gasteiger partial charge is 0.274 e. The Balaban J connectivity index is 1.60. The number of fused-ring (bicyclic) bond motifs is 1. The highest BCUT2D eigenvalue weighted by atomic mass is 32.1. The molecular formula is C14H17N3O3S. The first-order valence-electron chi connectivity index (χ1n) is 7.11. The van der Waals surface area contributed by atoms with Gasteiger partial charge < -0.3 is 10.1 Å². The van der Waals surface area contributed by atoms with Crippen LogP contribution in [0.2, 0.25) is 0 Å². The predicted molar refractivity (Wildman–Crippen MR) is 82.0 cm³/mol. The molecule has 0 saturated carbocycles. The van der Waals surface area contributed by atoms with Gasteiger partial charge in [0.05, 0.1) is 21.7 Å². The molecule has 1 aliphatic rings. The van der Waals surface area contributed by atoms with Crippen LogP contribution < -0.4 is 10.1 Å². The van der Waals surface area contributed by atoms with Crippen molar-refractivity contribution >= 4 is 27.2 Å². The summed E-state index contributed by atoms with van der Waals surface area (Å²) in [5.41, 5.74) is 0.695. The lowest BCUT2D eigenvalue weighted by atomic mass is 9.95. The van der Waals surface area contributed by atoms with Gasteiger partial charge in [-0.1, -0.05) is 11.3 Å². The molecule has 21 heavy (non-hydrogen) atoms. The summed E-state index contributed by atoms with van der Waals surface area (Å²) in [6.07, 6.45) is 3.45. The van der Waals surface area contributed by atoms with Gasteiger partial charge in [-0.3, -0.25) is 10.1 Å². The molecule has 7 heteroatoms.